The van der Waals surface area contributed by atoms with Gasteiger partial charge in [0.2, 0.25) is 0 Å². The first-order valence-electron chi connectivity index (χ1n) is 11.2. The zero-order valence-electron chi connectivity index (χ0n) is 19.2. The Bertz CT molecular complexity index is 1200. The summed E-state index contributed by atoms with van der Waals surface area (Å²) in [5.41, 5.74) is 0.306. The average molecular weight is 476 g/mol. The summed E-state index contributed by atoms with van der Waals surface area (Å²) in [6.07, 6.45) is -1.88. The molecule has 3 aromatic rings. The largest absolute Gasteiger partial charge is 0.491 e. The summed E-state index contributed by atoms with van der Waals surface area (Å²) in [5.74, 6) is 0.132. The summed E-state index contributed by atoms with van der Waals surface area (Å²) >= 11 is 0. The van der Waals surface area contributed by atoms with Crippen molar-refractivity contribution >= 4 is 11.7 Å². The van der Waals surface area contributed by atoms with Gasteiger partial charge in [0.1, 0.15) is 12.4 Å². The van der Waals surface area contributed by atoms with E-state index in [-0.39, 0.29) is 18.3 Å². The van der Waals surface area contributed by atoms with Crippen molar-refractivity contribution in [3.8, 4) is 17.0 Å². The normalized spacial score (nSPS) is 16.0. The molecule has 1 saturated carbocycles. The van der Waals surface area contributed by atoms with Crippen molar-refractivity contribution in [1.82, 2.24) is 19.9 Å². The Balaban J connectivity index is 1.67. The summed E-state index contributed by atoms with van der Waals surface area (Å²) in [6.45, 7) is 5.17. The summed E-state index contributed by atoms with van der Waals surface area (Å²) < 4.78 is 49.1. The van der Waals surface area contributed by atoms with Crippen molar-refractivity contribution in [1.29, 1.82) is 0 Å². The highest BCUT2D eigenvalue weighted by molar-refractivity contribution is 5.66. The van der Waals surface area contributed by atoms with Crippen molar-refractivity contribution < 1.29 is 27.8 Å². The van der Waals surface area contributed by atoms with Gasteiger partial charge in [0.25, 0.3) is 0 Å². The number of carbonyl (C=O) groups is 1. The maximum atomic E-state index is 14.0. The van der Waals surface area contributed by atoms with E-state index in [2.05, 4.69) is 15.4 Å². The molecule has 182 valence electrons. The number of aromatic nitrogens is 3. The zero-order valence-corrected chi connectivity index (χ0v) is 19.2. The molecule has 1 atom stereocenters. The van der Waals surface area contributed by atoms with Gasteiger partial charge in [-0.15, -0.1) is 0 Å². The van der Waals surface area contributed by atoms with Gasteiger partial charge in [0, 0.05) is 23.7 Å². The van der Waals surface area contributed by atoms with Crippen LogP contribution < -0.4 is 10.1 Å². The molecule has 4 rings (SSSR count). The molecule has 0 radical (unpaired) electrons. The first kappa shape index (κ1) is 23.8. The van der Waals surface area contributed by atoms with Gasteiger partial charge in [0.05, 0.1) is 22.5 Å². The molecule has 10 heteroatoms. The van der Waals surface area contributed by atoms with Gasteiger partial charge in [0.15, 0.2) is 5.65 Å². The number of amides is 1. The Morgan fingerprint density at radius 2 is 2.00 bits per heavy atom. The van der Waals surface area contributed by atoms with Crippen LogP contribution in [0.3, 0.4) is 0 Å². The van der Waals surface area contributed by atoms with Crippen LogP contribution in [-0.2, 0) is 6.18 Å². The molecular weight excluding hydrogens is 449 g/mol. The highest BCUT2D eigenvalue weighted by Crippen LogP contribution is 2.41. The summed E-state index contributed by atoms with van der Waals surface area (Å²) in [4.78, 5) is 15.5. The number of alkyl halides is 3. The third-order valence-electron chi connectivity index (χ3n) is 5.77. The topological polar surface area (TPSA) is 88.8 Å². The van der Waals surface area contributed by atoms with E-state index in [1.165, 1.54) is 6.07 Å². The summed E-state index contributed by atoms with van der Waals surface area (Å²) in [5, 5.41) is 16.1. The molecule has 1 aliphatic carbocycles. The second kappa shape index (κ2) is 8.81. The molecule has 2 heterocycles. The molecule has 0 bridgehead atoms. The molecule has 0 aliphatic heterocycles. The fraction of sp³-hybridized carbons (Fsp3) is 0.458. The Morgan fingerprint density at radius 3 is 2.62 bits per heavy atom. The number of nitrogens with one attached hydrogen (secondary N) is 1. The van der Waals surface area contributed by atoms with E-state index in [4.69, 9.17) is 4.74 Å². The lowest BCUT2D eigenvalue weighted by atomic mass is 9.91. The number of rotatable bonds is 8. The Morgan fingerprint density at radius 1 is 1.26 bits per heavy atom. The molecule has 1 unspecified atom stereocenters. The van der Waals surface area contributed by atoms with Crippen LogP contribution in [0.5, 0.6) is 5.75 Å². The summed E-state index contributed by atoms with van der Waals surface area (Å²) in [6, 6.07) is 7.35. The molecule has 0 saturated heterocycles. The molecule has 34 heavy (non-hydrogen) atoms. The molecule has 7 nitrogen and oxygen atoms in total. The first-order valence-corrected chi connectivity index (χ1v) is 11.2. The first-order chi connectivity index (χ1) is 15.9. The fourth-order valence-electron chi connectivity index (χ4n) is 4.29. The van der Waals surface area contributed by atoms with Crippen molar-refractivity contribution in [2.24, 2.45) is 5.92 Å². The molecule has 2 aromatic heterocycles. The van der Waals surface area contributed by atoms with Gasteiger partial charge in [-0.1, -0.05) is 13.8 Å². The van der Waals surface area contributed by atoms with Crippen molar-refractivity contribution in [2.75, 3.05) is 6.61 Å². The van der Waals surface area contributed by atoms with Crippen LogP contribution >= 0.6 is 0 Å². The number of halogens is 3. The monoisotopic (exact) mass is 476 g/mol. The number of hydrogen-bond donors (Lipinski definition) is 2. The minimum Gasteiger partial charge on any atom is -0.491 e. The predicted octanol–water partition coefficient (Wildman–Crippen LogP) is 5.74. The van der Waals surface area contributed by atoms with E-state index in [0.717, 1.165) is 24.6 Å². The molecule has 2 N–H and O–H groups in total. The minimum atomic E-state index is -4.67. The van der Waals surface area contributed by atoms with E-state index in [1.807, 2.05) is 19.9 Å². The van der Waals surface area contributed by atoms with Crippen LogP contribution in [-0.4, -0.2) is 37.9 Å². The van der Waals surface area contributed by atoms with E-state index in [1.54, 1.807) is 29.8 Å². The maximum absolute atomic E-state index is 14.0. The third kappa shape index (κ3) is 5.26. The molecule has 1 aliphatic rings. The third-order valence-corrected chi connectivity index (χ3v) is 5.77. The van der Waals surface area contributed by atoms with Gasteiger partial charge >= 0.3 is 12.3 Å². The van der Waals surface area contributed by atoms with E-state index >= 15 is 0 Å². The van der Waals surface area contributed by atoms with Gasteiger partial charge in [-0.2, -0.15) is 18.3 Å². The van der Waals surface area contributed by atoms with Crippen LogP contribution in [0.2, 0.25) is 0 Å². The van der Waals surface area contributed by atoms with E-state index in [9.17, 15) is 23.1 Å². The fourth-order valence-corrected chi connectivity index (χ4v) is 4.29. The maximum Gasteiger partial charge on any atom is 0.419 e. The number of carboxylic acid groups (broad SMARTS) is 1. The van der Waals surface area contributed by atoms with Gasteiger partial charge < -0.3 is 15.2 Å². The second-order valence-electron chi connectivity index (χ2n) is 9.53. The molecule has 1 fully saturated rings. The van der Waals surface area contributed by atoms with Crippen LogP contribution in [0.25, 0.3) is 16.9 Å². The van der Waals surface area contributed by atoms with E-state index < -0.39 is 23.4 Å². The molecule has 1 amide bonds. The number of nitrogens with zero attached hydrogens (tertiary/aromatic N) is 3. The van der Waals surface area contributed by atoms with E-state index in [0.29, 0.717) is 29.2 Å². The lowest BCUT2D eigenvalue weighted by molar-refractivity contribution is -0.139. The van der Waals surface area contributed by atoms with Crippen LogP contribution in [0.15, 0.2) is 36.5 Å². The Labute approximate surface area is 195 Å². The average Bonchev–Trinajstić information content (AvgIpc) is 3.48. The highest BCUT2D eigenvalue weighted by atomic mass is 19.4. The van der Waals surface area contributed by atoms with Crippen molar-refractivity contribution in [3.05, 3.63) is 47.8 Å². The van der Waals surface area contributed by atoms with Crippen LogP contribution in [0.4, 0.5) is 18.0 Å². The zero-order chi connectivity index (χ0) is 24.7. The minimum absolute atomic E-state index is 0.105. The standard InChI is InChI=1S/C24H27F3N4O3/c1-14(2)12-23(3,29-22(32)33)13-34-20-7-6-16(10-17(20)24(25,26)27)19-8-9-28-21-11-18(15-4-5-15)30-31(19)21/h6-11,14-15,29H,4-5,12-13H2,1-3H3,(H,32,33). The van der Waals surface area contributed by atoms with Crippen molar-refractivity contribution in [3.63, 3.8) is 0 Å². The number of benzene rings is 1. The molecule has 1 aromatic carbocycles. The molecule has 0 spiro atoms. The highest BCUT2D eigenvalue weighted by Gasteiger charge is 2.36. The SMILES string of the molecule is CC(C)CC(C)(COc1ccc(-c2ccnc3cc(C4CC4)nn23)cc1C(F)(F)F)NC(=O)O. The Hall–Kier alpha value is -3.30. The van der Waals surface area contributed by atoms with Gasteiger partial charge in [-0.05, 0) is 56.4 Å². The van der Waals surface area contributed by atoms with Crippen LogP contribution in [0.1, 0.15) is 57.2 Å². The second-order valence-corrected chi connectivity index (χ2v) is 9.53. The lowest BCUT2D eigenvalue weighted by Crippen LogP contribution is -2.50. The summed E-state index contributed by atoms with van der Waals surface area (Å²) in [7, 11) is 0. The predicted molar refractivity (Wildman–Crippen MR) is 120 cm³/mol. The Kier molecular flexibility index (Phi) is 6.18. The quantitative estimate of drug-likeness (QED) is 0.433. The van der Waals surface area contributed by atoms with Gasteiger partial charge in [-0.3, -0.25) is 0 Å². The van der Waals surface area contributed by atoms with Crippen LogP contribution in [0, 0.1) is 5.92 Å². The number of hydrogen-bond acceptors (Lipinski definition) is 4. The number of ether oxygens (including phenoxy) is 1. The van der Waals surface area contributed by atoms with Gasteiger partial charge in [-0.25, -0.2) is 14.3 Å². The molecular formula is C24H27F3N4O3. The number of fused-ring (bicyclic) bond motifs is 1. The van der Waals surface area contributed by atoms with Crippen molar-refractivity contribution in [2.45, 2.75) is 57.7 Å². The lowest BCUT2D eigenvalue weighted by Gasteiger charge is -2.31. The smallest absolute Gasteiger partial charge is 0.419 e.